The molecular formula is C5H3F5O2. The van der Waals surface area contributed by atoms with Gasteiger partial charge in [0, 0.05) is 0 Å². The Balaban J connectivity index is 4.82. The van der Waals surface area contributed by atoms with Gasteiger partial charge in [-0.3, -0.25) is 0 Å². The van der Waals surface area contributed by atoms with Crippen LogP contribution in [-0.4, -0.2) is 19.3 Å². The normalized spacial score (nSPS) is 13.8. The second-order valence-electron chi connectivity index (χ2n) is 1.62. The molecule has 2 nitrogen and oxygen atoms in total. The van der Waals surface area contributed by atoms with Crippen molar-refractivity contribution in [2.24, 2.45) is 0 Å². The molecule has 0 heterocycles. The molecule has 0 fully saturated rings. The van der Waals surface area contributed by atoms with E-state index in [1.807, 2.05) is 0 Å². The molecule has 0 unspecified atom stereocenters. The van der Waals surface area contributed by atoms with Crippen molar-refractivity contribution in [3.8, 4) is 0 Å². The SMILES string of the molecule is COC(=O)C(F)=C(F)C(F)(F)F. The van der Waals surface area contributed by atoms with Gasteiger partial charge in [-0.15, -0.1) is 0 Å². The number of hydrogen-bond acceptors (Lipinski definition) is 2. The van der Waals surface area contributed by atoms with Crippen molar-refractivity contribution in [3.63, 3.8) is 0 Å². The molecule has 0 amide bonds. The average molecular weight is 190 g/mol. The molecule has 0 saturated carbocycles. The van der Waals surface area contributed by atoms with E-state index in [0.717, 1.165) is 0 Å². The van der Waals surface area contributed by atoms with Gasteiger partial charge in [-0.1, -0.05) is 0 Å². The van der Waals surface area contributed by atoms with E-state index in [-0.39, 0.29) is 0 Å². The molecule has 0 aromatic rings. The first-order valence-corrected chi connectivity index (χ1v) is 2.51. The predicted octanol–water partition coefficient (Wildman–Crippen LogP) is 1.87. The van der Waals surface area contributed by atoms with E-state index in [4.69, 9.17) is 0 Å². The fourth-order valence-electron chi connectivity index (χ4n) is 0.304. The van der Waals surface area contributed by atoms with Crippen LogP contribution in [0.1, 0.15) is 0 Å². The third kappa shape index (κ3) is 2.48. The van der Waals surface area contributed by atoms with Crippen molar-refractivity contribution in [3.05, 3.63) is 11.7 Å². The van der Waals surface area contributed by atoms with Crippen molar-refractivity contribution in [2.75, 3.05) is 7.11 Å². The summed E-state index contributed by atoms with van der Waals surface area (Å²) in [5.74, 6) is -7.66. The number of carbonyl (C=O) groups excluding carboxylic acids is 1. The van der Waals surface area contributed by atoms with Gasteiger partial charge in [0.2, 0.25) is 11.7 Å². The highest BCUT2D eigenvalue weighted by Crippen LogP contribution is 2.29. The molecule has 0 aromatic heterocycles. The van der Waals surface area contributed by atoms with Crippen LogP contribution in [0, 0.1) is 0 Å². The standard InChI is InChI=1S/C5H3F5O2/c1-12-4(11)2(6)3(7)5(8,9)10/h1H3. The Morgan fingerprint density at radius 3 is 1.92 bits per heavy atom. The molecule has 70 valence electrons. The highest BCUT2D eigenvalue weighted by Gasteiger charge is 2.40. The molecule has 0 bridgehead atoms. The van der Waals surface area contributed by atoms with E-state index in [0.29, 0.717) is 7.11 Å². The highest BCUT2D eigenvalue weighted by atomic mass is 19.4. The van der Waals surface area contributed by atoms with Crippen molar-refractivity contribution < 1.29 is 31.5 Å². The third-order valence-corrected chi connectivity index (χ3v) is 0.806. The van der Waals surface area contributed by atoms with Crippen molar-refractivity contribution in [1.29, 1.82) is 0 Å². The van der Waals surface area contributed by atoms with Gasteiger partial charge in [0.05, 0.1) is 7.11 Å². The maximum atomic E-state index is 12.0. The first kappa shape index (κ1) is 10.9. The highest BCUT2D eigenvalue weighted by molar-refractivity contribution is 5.86. The zero-order chi connectivity index (χ0) is 9.94. The van der Waals surface area contributed by atoms with Gasteiger partial charge in [0.15, 0.2) is 0 Å². The van der Waals surface area contributed by atoms with Crippen molar-refractivity contribution >= 4 is 5.97 Å². The minimum absolute atomic E-state index is 0.631. The molecule has 0 radical (unpaired) electrons. The first-order valence-electron chi connectivity index (χ1n) is 2.51. The fourth-order valence-corrected chi connectivity index (χ4v) is 0.304. The maximum absolute atomic E-state index is 12.0. The lowest BCUT2D eigenvalue weighted by atomic mass is 10.4. The fraction of sp³-hybridized carbons (Fsp3) is 0.400. The number of halogens is 5. The molecule has 0 aliphatic carbocycles. The summed E-state index contributed by atoms with van der Waals surface area (Å²) in [6.07, 6.45) is -5.50. The summed E-state index contributed by atoms with van der Waals surface area (Å²) in [5, 5.41) is 0. The quantitative estimate of drug-likeness (QED) is 0.358. The van der Waals surface area contributed by atoms with Crippen LogP contribution in [0.5, 0.6) is 0 Å². The lowest BCUT2D eigenvalue weighted by Crippen LogP contribution is -2.14. The van der Waals surface area contributed by atoms with Gasteiger partial charge in [-0.05, 0) is 0 Å². The Hall–Kier alpha value is -1.14. The van der Waals surface area contributed by atoms with Gasteiger partial charge in [-0.25, -0.2) is 4.79 Å². The van der Waals surface area contributed by atoms with Crippen LogP contribution in [-0.2, 0) is 9.53 Å². The zero-order valence-electron chi connectivity index (χ0n) is 5.71. The van der Waals surface area contributed by atoms with E-state index < -0.39 is 23.8 Å². The molecule has 7 heteroatoms. The Kier molecular flexibility index (Phi) is 3.17. The van der Waals surface area contributed by atoms with Crippen LogP contribution >= 0.6 is 0 Å². The van der Waals surface area contributed by atoms with Crippen LogP contribution in [0.2, 0.25) is 0 Å². The summed E-state index contributed by atoms with van der Waals surface area (Å²) in [6.45, 7) is 0. The second kappa shape index (κ2) is 3.51. The number of methoxy groups -OCH3 is 1. The minimum atomic E-state index is -5.50. The first-order chi connectivity index (χ1) is 5.30. The number of hydrogen-bond donors (Lipinski definition) is 0. The molecule has 0 aliphatic rings. The smallest absolute Gasteiger partial charge is 0.446 e. The van der Waals surface area contributed by atoms with Crippen LogP contribution in [0.3, 0.4) is 0 Å². The lowest BCUT2D eigenvalue weighted by molar-refractivity contribution is -0.141. The van der Waals surface area contributed by atoms with Crippen LogP contribution in [0.25, 0.3) is 0 Å². The summed E-state index contributed by atoms with van der Waals surface area (Å²) in [7, 11) is 0.631. The number of rotatable bonds is 1. The molecule has 0 spiro atoms. The van der Waals surface area contributed by atoms with Crippen molar-refractivity contribution in [2.45, 2.75) is 6.18 Å². The molecule has 0 atom stereocenters. The van der Waals surface area contributed by atoms with E-state index in [2.05, 4.69) is 4.74 Å². The van der Waals surface area contributed by atoms with Gasteiger partial charge >= 0.3 is 12.1 Å². The topological polar surface area (TPSA) is 26.3 Å². The van der Waals surface area contributed by atoms with Crippen LogP contribution in [0.4, 0.5) is 22.0 Å². The van der Waals surface area contributed by atoms with E-state index in [9.17, 15) is 26.7 Å². The molecule has 0 saturated heterocycles. The molecule has 0 aliphatic heterocycles. The van der Waals surface area contributed by atoms with E-state index in [1.165, 1.54) is 0 Å². The summed E-state index contributed by atoms with van der Waals surface area (Å²) >= 11 is 0. The predicted molar refractivity (Wildman–Crippen MR) is 27.3 cm³/mol. The summed E-state index contributed by atoms with van der Waals surface area (Å²) in [4.78, 5) is 10.0. The molecule has 0 rings (SSSR count). The largest absolute Gasteiger partial charge is 0.464 e. The number of alkyl halides is 3. The molecule has 0 N–H and O–H groups in total. The van der Waals surface area contributed by atoms with Gasteiger partial charge in [-0.2, -0.15) is 22.0 Å². The summed E-state index contributed by atoms with van der Waals surface area (Å²) in [5.41, 5.74) is 0. The zero-order valence-corrected chi connectivity index (χ0v) is 5.71. The van der Waals surface area contributed by atoms with E-state index in [1.54, 1.807) is 0 Å². The molecule has 0 aromatic carbocycles. The molecule has 12 heavy (non-hydrogen) atoms. The number of carbonyl (C=O) groups is 1. The number of allylic oxidation sites excluding steroid dienone is 1. The Morgan fingerprint density at radius 2 is 1.67 bits per heavy atom. The van der Waals surface area contributed by atoms with Crippen molar-refractivity contribution in [1.82, 2.24) is 0 Å². The second-order valence-corrected chi connectivity index (χ2v) is 1.62. The monoisotopic (exact) mass is 190 g/mol. The van der Waals surface area contributed by atoms with Crippen LogP contribution < -0.4 is 0 Å². The number of ether oxygens (including phenoxy) is 1. The number of esters is 1. The van der Waals surface area contributed by atoms with Gasteiger partial charge in [0.1, 0.15) is 0 Å². The molecular weight excluding hydrogens is 187 g/mol. The average Bonchev–Trinajstić information content (AvgIpc) is 1.98. The Morgan fingerprint density at radius 1 is 1.25 bits per heavy atom. The van der Waals surface area contributed by atoms with E-state index >= 15 is 0 Å². The summed E-state index contributed by atoms with van der Waals surface area (Å²) in [6, 6.07) is 0. The summed E-state index contributed by atoms with van der Waals surface area (Å²) < 4.78 is 61.3. The van der Waals surface area contributed by atoms with Gasteiger partial charge in [0.25, 0.3) is 0 Å². The maximum Gasteiger partial charge on any atom is 0.446 e. The van der Waals surface area contributed by atoms with Gasteiger partial charge < -0.3 is 4.74 Å². The minimum Gasteiger partial charge on any atom is -0.464 e. The lowest BCUT2D eigenvalue weighted by Gasteiger charge is -2.02. The Labute approximate surface area is 63.6 Å². The Bertz CT molecular complexity index is 216. The third-order valence-electron chi connectivity index (χ3n) is 0.806. The van der Waals surface area contributed by atoms with Crippen LogP contribution in [0.15, 0.2) is 11.7 Å².